The number of aromatic hydroxyl groups is 1. The number of hydrogen-bond acceptors (Lipinski definition) is 5. The molecule has 0 spiro atoms. The lowest BCUT2D eigenvalue weighted by Crippen LogP contribution is -2.34. The summed E-state index contributed by atoms with van der Waals surface area (Å²) < 4.78 is 40.3. The Labute approximate surface area is 210 Å². The van der Waals surface area contributed by atoms with Gasteiger partial charge < -0.3 is 15.3 Å². The Bertz CT molecular complexity index is 1430. The van der Waals surface area contributed by atoms with Gasteiger partial charge in [-0.05, 0) is 29.3 Å². The third kappa shape index (κ3) is 5.32. The van der Waals surface area contributed by atoms with Crippen molar-refractivity contribution in [3.8, 4) is 5.75 Å². The number of benzene rings is 3. The van der Waals surface area contributed by atoms with E-state index in [1.807, 2.05) is 60.7 Å². The van der Waals surface area contributed by atoms with Gasteiger partial charge >= 0.3 is 6.18 Å². The van der Waals surface area contributed by atoms with Crippen molar-refractivity contribution in [1.29, 1.82) is 0 Å². The van der Waals surface area contributed by atoms with Crippen LogP contribution in [0, 0.1) is 0 Å². The van der Waals surface area contributed by atoms with Crippen LogP contribution in [0.1, 0.15) is 33.2 Å². The van der Waals surface area contributed by atoms with Gasteiger partial charge in [-0.3, -0.25) is 14.2 Å². The van der Waals surface area contributed by atoms with E-state index in [9.17, 15) is 27.9 Å². The van der Waals surface area contributed by atoms with Crippen molar-refractivity contribution in [3.63, 3.8) is 0 Å². The van der Waals surface area contributed by atoms with E-state index in [4.69, 9.17) is 0 Å². The van der Waals surface area contributed by atoms with E-state index in [-0.39, 0.29) is 11.6 Å². The van der Waals surface area contributed by atoms with E-state index < -0.39 is 40.7 Å². The fourth-order valence-electron chi connectivity index (χ4n) is 4.04. The maximum Gasteiger partial charge on any atom is 0.416 e. The molecule has 2 N–H and O–H groups in total. The van der Waals surface area contributed by atoms with Crippen LogP contribution in [0.2, 0.25) is 0 Å². The number of aromatic nitrogens is 2. The van der Waals surface area contributed by atoms with Crippen molar-refractivity contribution in [1.82, 2.24) is 9.55 Å². The molecular weight excluding hydrogens is 485 g/mol. The van der Waals surface area contributed by atoms with Gasteiger partial charge in [-0.2, -0.15) is 13.2 Å². The highest BCUT2D eigenvalue weighted by Crippen LogP contribution is 2.32. The van der Waals surface area contributed by atoms with Crippen LogP contribution in [0.4, 0.5) is 24.8 Å². The summed E-state index contributed by atoms with van der Waals surface area (Å²) in [5, 5.41) is 12.7. The van der Waals surface area contributed by atoms with Crippen molar-refractivity contribution in [2.45, 2.75) is 12.2 Å². The molecule has 190 valence electrons. The highest BCUT2D eigenvalue weighted by molar-refractivity contribution is 6.04. The van der Waals surface area contributed by atoms with Gasteiger partial charge in [-0.1, -0.05) is 66.7 Å². The Morgan fingerprint density at radius 1 is 0.973 bits per heavy atom. The molecule has 0 fully saturated rings. The number of rotatable bonds is 6. The SMILES string of the molecule is CN(c1nc(C(=O)Nc2cccc(C(F)(F)F)c2)c(O)c(=O)n1C)C(c1ccccc1)c1ccccc1. The van der Waals surface area contributed by atoms with Crippen LogP contribution >= 0.6 is 0 Å². The first-order chi connectivity index (χ1) is 17.6. The third-order valence-corrected chi connectivity index (χ3v) is 5.84. The van der Waals surface area contributed by atoms with E-state index in [2.05, 4.69) is 10.3 Å². The molecule has 0 atom stereocenters. The summed E-state index contributed by atoms with van der Waals surface area (Å²) in [6.07, 6.45) is -4.61. The first-order valence-corrected chi connectivity index (χ1v) is 11.2. The molecule has 0 saturated heterocycles. The average Bonchev–Trinajstić information content (AvgIpc) is 2.88. The molecule has 0 radical (unpaired) electrons. The number of carbonyl (C=O) groups is 1. The predicted octanol–water partition coefficient (Wildman–Crippen LogP) is 4.98. The average molecular weight is 509 g/mol. The molecule has 0 saturated carbocycles. The van der Waals surface area contributed by atoms with Gasteiger partial charge in [0.25, 0.3) is 11.5 Å². The summed E-state index contributed by atoms with van der Waals surface area (Å²) in [6, 6.07) is 22.5. The Hall–Kier alpha value is -4.60. The van der Waals surface area contributed by atoms with Crippen molar-refractivity contribution >= 4 is 17.5 Å². The number of nitrogens with zero attached hydrogens (tertiary/aromatic N) is 3. The molecular formula is C27H23F3N4O3. The van der Waals surface area contributed by atoms with Gasteiger partial charge in [-0.15, -0.1) is 0 Å². The summed E-state index contributed by atoms with van der Waals surface area (Å²) in [5.74, 6) is -1.88. The second-order valence-corrected chi connectivity index (χ2v) is 8.34. The molecule has 37 heavy (non-hydrogen) atoms. The summed E-state index contributed by atoms with van der Waals surface area (Å²) in [5.41, 5.74) is -0.848. The first kappa shape index (κ1) is 25.5. The molecule has 10 heteroatoms. The van der Waals surface area contributed by atoms with E-state index >= 15 is 0 Å². The smallest absolute Gasteiger partial charge is 0.416 e. The molecule has 0 aliphatic heterocycles. The second kappa shape index (κ2) is 10.2. The maximum atomic E-state index is 13.1. The highest BCUT2D eigenvalue weighted by atomic mass is 19.4. The molecule has 1 aromatic heterocycles. The third-order valence-electron chi connectivity index (χ3n) is 5.84. The van der Waals surface area contributed by atoms with Gasteiger partial charge in [-0.25, -0.2) is 4.98 Å². The fourth-order valence-corrected chi connectivity index (χ4v) is 4.04. The lowest BCUT2D eigenvalue weighted by molar-refractivity contribution is -0.137. The minimum atomic E-state index is -4.61. The Kier molecular flexibility index (Phi) is 7.01. The predicted molar refractivity (Wildman–Crippen MR) is 134 cm³/mol. The zero-order chi connectivity index (χ0) is 26.7. The molecule has 4 rings (SSSR count). The van der Waals surface area contributed by atoms with Gasteiger partial charge in [0.2, 0.25) is 11.7 Å². The minimum Gasteiger partial charge on any atom is -0.501 e. The van der Waals surface area contributed by atoms with E-state index in [0.717, 1.165) is 33.9 Å². The fraction of sp³-hybridized carbons (Fsp3) is 0.148. The van der Waals surface area contributed by atoms with Crippen molar-refractivity contribution in [2.24, 2.45) is 7.05 Å². The van der Waals surface area contributed by atoms with Crippen LogP contribution in [0.25, 0.3) is 0 Å². The normalized spacial score (nSPS) is 11.4. The van der Waals surface area contributed by atoms with Crippen LogP contribution in [-0.2, 0) is 13.2 Å². The van der Waals surface area contributed by atoms with Crippen molar-refractivity contribution < 1.29 is 23.1 Å². The molecule has 0 bridgehead atoms. The van der Waals surface area contributed by atoms with Crippen LogP contribution in [-0.4, -0.2) is 27.6 Å². The number of halogens is 3. The number of amides is 1. The van der Waals surface area contributed by atoms with E-state index in [1.54, 1.807) is 11.9 Å². The van der Waals surface area contributed by atoms with Gasteiger partial charge in [0.15, 0.2) is 5.69 Å². The lowest BCUT2D eigenvalue weighted by Gasteiger charge is -2.31. The summed E-state index contributed by atoms with van der Waals surface area (Å²) in [6.45, 7) is 0. The second-order valence-electron chi connectivity index (χ2n) is 8.34. The first-order valence-electron chi connectivity index (χ1n) is 11.2. The quantitative estimate of drug-likeness (QED) is 0.384. The van der Waals surface area contributed by atoms with E-state index in [0.29, 0.717) is 0 Å². The highest BCUT2D eigenvalue weighted by Gasteiger charge is 2.31. The molecule has 0 aliphatic rings. The molecule has 3 aromatic carbocycles. The minimum absolute atomic E-state index is 0.0645. The molecule has 0 aliphatic carbocycles. The lowest BCUT2D eigenvalue weighted by atomic mass is 9.97. The maximum absolute atomic E-state index is 13.1. The zero-order valence-electron chi connectivity index (χ0n) is 19.9. The number of anilines is 2. The van der Waals surface area contributed by atoms with Crippen molar-refractivity contribution in [2.75, 3.05) is 17.3 Å². The van der Waals surface area contributed by atoms with Crippen LogP contribution in [0.3, 0.4) is 0 Å². The molecule has 0 unspecified atom stereocenters. The molecule has 7 nitrogen and oxygen atoms in total. The standard InChI is InChI=1S/C27H23F3N4O3/c1-33(22(17-10-5-3-6-11-17)18-12-7-4-8-13-18)26-32-21(23(35)25(37)34(26)2)24(36)31-20-15-9-14-19(16-20)27(28,29)30/h3-16,22,35H,1-2H3,(H,31,36). The summed E-state index contributed by atoms with van der Waals surface area (Å²) in [4.78, 5) is 31.8. The van der Waals surface area contributed by atoms with E-state index in [1.165, 1.54) is 13.1 Å². The van der Waals surface area contributed by atoms with Gasteiger partial charge in [0.1, 0.15) is 0 Å². The number of carbonyl (C=O) groups excluding carboxylic acids is 1. The number of hydrogen-bond donors (Lipinski definition) is 2. The Morgan fingerprint density at radius 3 is 2.08 bits per heavy atom. The van der Waals surface area contributed by atoms with Crippen LogP contribution in [0.15, 0.2) is 89.7 Å². The molecule has 1 heterocycles. The van der Waals surface area contributed by atoms with Gasteiger partial charge in [0.05, 0.1) is 11.6 Å². The number of alkyl halides is 3. The topological polar surface area (TPSA) is 87.5 Å². The summed E-state index contributed by atoms with van der Waals surface area (Å²) in [7, 11) is 3.10. The molecule has 4 aromatic rings. The Balaban J connectivity index is 1.76. The van der Waals surface area contributed by atoms with Crippen molar-refractivity contribution in [3.05, 3.63) is 118 Å². The van der Waals surface area contributed by atoms with Gasteiger partial charge in [0, 0.05) is 19.8 Å². The Morgan fingerprint density at radius 2 is 1.54 bits per heavy atom. The monoisotopic (exact) mass is 508 g/mol. The van der Waals surface area contributed by atoms with Crippen LogP contribution < -0.4 is 15.8 Å². The zero-order valence-corrected chi connectivity index (χ0v) is 19.9. The van der Waals surface area contributed by atoms with Crippen LogP contribution in [0.5, 0.6) is 5.75 Å². The number of nitrogens with one attached hydrogen (secondary N) is 1. The summed E-state index contributed by atoms with van der Waals surface area (Å²) >= 11 is 0. The largest absolute Gasteiger partial charge is 0.501 e. The molecule has 1 amide bonds.